The molecule has 0 radical (unpaired) electrons. The molecule has 19 heavy (non-hydrogen) atoms. The van der Waals surface area contributed by atoms with Gasteiger partial charge in [-0.3, -0.25) is 0 Å². The number of nitrogens with one attached hydrogen (secondary N) is 1. The smallest absolute Gasteiger partial charge is 0.311 e. The predicted octanol–water partition coefficient (Wildman–Crippen LogP) is 3.83. The SMILES string of the molecule is CSC1(CNCc2ccc(F)c(C(F)(F)F)c2)CC1. The number of rotatable bonds is 5. The van der Waals surface area contributed by atoms with Crippen LogP contribution in [0.3, 0.4) is 0 Å². The fraction of sp³-hybridized carbons (Fsp3) is 0.538. The molecule has 1 aliphatic rings. The van der Waals surface area contributed by atoms with E-state index in [1.807, 2.05) is 6.26 Å². The highest BCUT2D eigenvalue weighted by Crippen LogP contribution is 2.46. The fourth-order valence-corrected chi connectivity index (χ4v) is 2.68. The van der Waals surface area contributed by atoms with Crippen molar-refractivity contribution in [3.8, 4) is 0 Å². The zero-order valence-corrected chi connectivity index (χ0v) is 11.3. The molecule has 0 aromatic heterocycles. The lowest BCUT2D eigenvalue weighted by Crippen LogP contribution is -2.25. The van der Waals surface area contributed by atoms with E-state index in [1.165, 1.54) is 6.07 Å². The molecule has 0 heterocycles. The molecule has 0 spiro atoms. The van der Waals surface area contributed by atoms with Crippen molar-refractivity contribution in [1.82, 2.24) is 5.32 Å². The number of hydrogen-bond acceptors (Lipinski definition) is 2. The topological polar surface area (TPSA) is 12.0 Å². The molecule has 0 aliphatic heterocycles. The summed E-state index contributed by atoms with van der Waals surface area (Å²) in [6.07, 6.45) is -0.331. The maximum Gasteiger partial charge on any atom is 0.419 e. The van der Waals surface area contributed by atoms with E-state index in [1.54, 1.807) is 11.8 Å². The Morgan fingerprint density at radius 2 is 2.00 bits per heavy atom. The molecule has 1 nitrogen and oxygen atoms in total. The molecule has 0 atom stereocenters. The maximum atomic E-state index is 13.1. The Morgan fingerprint density at radius 3 is 2.53 bits per heavy atom. The van der Waals surface area contributed by atoms with E-state index in [0.717, 1.165) is 31.5 Å². The molecule has 0 unspecified atom stereocenters. The second-order valence-corrected chi connectivity index (χ2v) is 6.08. The molecule has 1 N–H and O–H groups in total. The van der Waals surface area contributed by atoms with Crippen LogP contribution >= 0.6 is 11.8 Å². The molecular weight excluding hydrogens is 278 g/mol. The molecule has 0 saturated heterocycles. The first-order valence-electron chi connectivity index (χ1n) is 5.98. The van der Waals surface area contributed by atoms with Crippen LogP contribution in [-0.2, 0) is 12.7 Å². The number of hydrogen-bond donors (Lipinski definition) is 1. The van der Waals surface area contributed by atoms with Gasteiger partial charge in [0.2, 0.25) is 0 Å². The summed E-state index contributed by atoms with van der Waals surface area (Å²) >= 11 is 1.78. The van der Waals surface area contributed by atoms with Gasteiger partial charge in [0.05, 0.1) is 5.56 Å². The lowest BCUT2D eigenvalue weighted by molar-refractivity contribution is -0.140. The molecule has 6 heteroatoms. The van der Waals surface area contributed by atoms with E-state index in [-0.39, 0.29) is 4.75 Å². The van der Waals surface area contributed by atoms with Gasteiger partial charge < -0.3 is 5.32 Å². The summed E-state index contributed by atoms with van der Waals surface area (Å²) in [5.41, 5.74) is -0.747. The van der Waals surface area contributed by atoms with Gasteiger partial charge in [-0.25, -0.2) is 4.39 Å². The van der Waals surface area contributed by atoms with E-state index in [9.17, 15) is 17.6 Å². The zero-order valence-electron chi connectivity index (χ0n) is 10.5. The Labute approximate surface area is 113 Å². The average molecular weight is 293 g/mol. The monoisotopic (exact) mass is 293 g/mol. The van der Waals surface area contributed by atoms with E-state index >= 15 is 0 Å². The zero-order chi connectivity index (χ0) is 14.1. The molecule has 0 bridgehead atoms. The molecule has 106 valence electrons. The Bertz CT molecular complexity index is 454. The van der Waals surface area contributed by atoms with Crippen molar-refractivity contribution in [2.75, 3.05) is 12.8 Å². The van der Waals surface area contributed by atoms with Crippen molar-refractivity contribution in [1.29, 1.82) is 0 Å². The Hall–Kier alpha value is -0.750. The molecule has 1 aliphatic carbocycles. The lowest BCUT2D eigenvalue weighted by Gasteiger charge is -2.14. The Morgan fingerprint density at radius 1 is 1.32 bits per heavy atom. The summed E-state index contributed by atoms with van der Waals surface area (Å²) in [7, 11) is 0. The first-order chi connectivity index (χ1) is 8.86. The highest BCUT2D eigenvalue weighted by molar-refractivity contribution is 8.00. The van der Waals surface area contributed by atoms with Crippen molar-refractivity contribution >= 4 is 11.8 Å². The van der Waals surface area contributed by atoms with Crippen LogP contribution in [0.5, 0.6) is 0 Å². The third-order valence-corrected chi connectivity index (χ3v) is 4.77. The van der Waals surface area contributed by atoms with Crippen LogP contribution in [0.1, 0.15) is 24.0 Å². The summed E-state index contributed by atoms with van der Waals surface area (Å²) in [5, 5.41) is 3.14. The minimum Gasteiger partial charge on any atom is -0.311 e. The van der Waals surface area contributed by atoms with Crippen molar-refractivity contribution < 1.29 is 17.6 Å². The van der Waals surface area contributed by atoms with E-state index in [4.69, 9.17) is 0 Å². The highest BCUT2D eigenvalue weighted by atomic mass is 32.2. The van der Waals surface area contributed by atoms with Crippen molar-refractivity contribution in [2.24, 2.45) is 0 Å². The van der Waals surface area contributed by atoms with Gasteiger partial charge in [0.1, 0.15) is 5.82 Å². The number of alkyl halides is 3. The van der Waals surface area contributed by atoms with Gasteiger partial charge in [-0.05, 0) is 36.8 Å². The van der Waals surface area contributed by atoms with Gasteiger partial charge in [-0.15, -0.1) is 0 Å². The first kappa shape index (κ1) is 14.7. The van der Waals surface area contributed by atoms with Crippen molar-refractivity contribution in [3.63, 3.8) is 0 Å². The summed E-state index contributed by atoms with van der Waals surface area (Å²) < 4.78 is 51.0. The minimum absolute atomic E-state index is 0.257. The van der Waals surface area contributed by atoms with Crippen LogP contribution in [-0.4, -0.2) is 17.5 Å². The van der Waals surface area contributed by atoms with Crippen LogP contribution in [0, 0.1) is 5.82 Å². The predicted molar refractivity (Wildman–Crippen MR) is 68.6 cm³/mol. The third-order valence-electron chi connectivity index (χ3n) is 3.35. The van der Waals surface area contributed by atoms with E-state index in [2.05, 4.69) is 5.32 Å². The van der Waals surface area contributed by atoms with Gasteiger partial charge in [-0.2, -0.15) is 24.9 Å². The average Bonchev–Trinajstić information content (AvgIpc) is 3.10. The number of halogens is 4. The molecule has 1 saturated carbocycles. The largest absolute Gasteiger partial charge is 0.419 e. The maximum absolute atomic E-state index is 13.1. The third kappa shape index (κ3) is 3.63. The molecule has 1 fully saturated rings. The molecule has 2 rings (SSSR count). The van der Waals surface area contributed by atoms with Crippen molar-refractivity contribution in [2.45, 2.75) is 30.3 Å². The molecule has 1 aromatic rings. The Balaban J connectivity index is 1.97. The van der Waals surface area contributed by atoms with Crippen LogP contribution in [0.25, 0.3) is 0 Å². The number of benzene rings is 1. The van der Waals surface area contributed by atoms with Gasteiger partial charge in [0, 0.05) is 17.8 Å². The summed E-state index contributed by atoms with van der Waals surface area (Å²) in [6, 6.07) is 3.14. The van der Waals surface area contributed by atoms with Crippen LogP contribution in [0.4, 0.5) is 17.6 Å². The second kappa shape index (κ2) is 5.32. The minimum atomic E-state index is -4.64. The molecular formula is C13H15F4NS. The first-order valence-corrected chi connectivity index (χ1v) is 7.20. The van der Waals surface area contributed by atoms with Crippen LogP contribution < -0.4 is 5.32 Å². The lowest BCUT2D eigenvalue weighted by atomic mass is 10.1. The highest BCUT2D eigenvalue weighted by Gasteiger charge is 2.41. The summed E-state index contributed by atoms with van der Waals surface area (Å²) in [4.78, 5) is 0. The van der Waals surface area contributed by atoms with Gasteiger partial charge in [0.25, 0.3) is 0 Å². The normalized spacial score (nSPS) is 17.5. The van der Waals surface area contributed by atoms with Gasteiger partial charge >= 0.3 is 6.18 Å². The van der Waals surface area contributed by atoms with Crippen LogP contribution in [0.15, 0.2) is 18.2 Å². The number of thioether (sulfide) groups is 1. The molecule has 0 amide bonds. The van der Waals surface area contributed by atoms with Gasteiger partial charge in [-0.1, -0.05) is 6.07 Å². The Kier molecular flexibility index (Phi) is 4.11. The van der Waals surface area contributed by atoms with Crippen LogP contribution in [0.2, 0.25) is 0 Å². The second-order valence-electron chi connectivity index (χ2n) is 4.80. The standard InChI is InChI=1S/C13H15F4NS/c1-19-12(4-5-12)8-18-7-9-2-3-11(14)10(6-9)13(15,16)17/h2-3,6,18H,4-5,7-8H2,1H3. The van der Waals surface area contributed by atoms with Crippen molar-refractivity contribution in [3.05, 3.63) is 35.1 Å². The summed E-state index contributed by atoms with van der Waals surface area (Å²) in [5.74, 6) is -1.22. The quantitative estimate of drug-likeness (QED) is 0.828. The van der Waals surface area contributed by atoms with E-state index < -0.39 is 17.6 Å². The fourth-order valence-electron chi connectivity index (χ4n) is 1.93. The molecule has 1 aromatic carbocycles. The van der Waals surface area contributed by atoms with E-state index in [0.29, 0.717) is 12.1 Å². The summed E-state index contributed by atoms with van der Waals surface area (Å²) in [6.45, 7) is 1.10. The van der Waals surface area contributed by atoms with Gasteiger partial charge in [0.15, 0.2) is 0 Å².